The molecule has 68 valence electrons. The molecule has 1 atom stereocenters. The monoisotopic (exact) mass is 180 g/mol. The highest BCUT2D eigenvalue weighted by Gasteiger charge is 2.21. The van der Waals surface area contributed by atoms with E-state index in [1.54, 1.807) is 21.3 Å². The van der Waals surface area contributed by atoms with Gasteiger partial charge in [-0.25, -0.2) is 0 Å². The van der Waals surface area contributed by atoms with Gasteiger partial charge in [-0.05, 0) is 0 Å². The fourth-order valence-electron chi connectivity index (χ4n) is 0.468. The summed E-state index contributed by atoms with van der Waals surface area (Å²) in [6, 6.07) is 0. The highest BCUT2D eigenvalue weighted by atomic mass is 28.3. The highest BCUT2D eigenvalue weighted by molar-refractivity contribution is 6.17. The topological polar surface area (TPSA) is 40.2 Å². The molecular formula is C6H16O4Si. The Morgan fingerprint density at radius 2 is 1.91 bits per heavy atom. The van der Waals surface area contributed by atoms with Gasteiger partial charge in [-0.2, -0.15) is 0 Å². The van der Waals surface area contributed by atoms with Crippen LogP contribution in [0, 0.1) is 0 Å². The minimum Gasteiger partial charge on any atom is -0.402 e. The lowest BCUT2D eigenvalue weighted by atomic mass is 10.5. The Labute approximate surface area is 69.8 Å². The molecule has 0 bridgehead atoms. The van der Waals surface area contributed by atoms with Crippen molar-refractivity contribution in [3.05, 3.63) is 0 Å². The van der Waals surface area contributed by atoms with E-state index in [1.165, 1.54) is 0 Å². The largest absolute Gasteiger partial charge is 0.402 e. The molecule has 0 aromatic carbocycles. The zero-order valence-corrected chi connectivity index (χ0v) is 8.75. The van der Waals surface area contributed by atoms with Crippen LogP contribution in [-0.4, -0.2) is 50.7 Å². The lowest BCUT2D eigenvalue weighted by Crippen LogP contribution is -1.94. The van der Waals surface area contributed by atoms with E-state index in [9.17, 15) is 0 Å². The first kappa shape index (κ1) is 11.1. The standard InChI is InChI=1S/C4H8O2.C2H8O2Si/c1-5-2-4-3-6-4;1-3-5-4-2/h4H,2-3H2,1H3;5H2,1-2H3. The molecule has 0 aliphatic carbocycles. The Balaban J connectivity index is 0.000000187. The Bertz CT molecular complexity index is 75.0. The van der Waals surface area contributed by atoms with Crippen LogP contribution in [0.25, 0.3) is 0 Å². The van der Waals surface area contributed by atoms with Crippen LogP contribution >= 0.6 is 0 Å². The molecule has 0 N–H and O–H groups in total. The van der Waals surface area contributed by atoms with Crippen LogP contribution in [0.3, 0.4) is 0 Å². The van der Waals surface area contributed by atoms with Crippen molar-refractivity contribution in [2.45, 2.75) is 6.10 Å². The zero-order chi connectivity index (χ0) is 8.53. The average Bonchev–Trinajstić information content (AvgIpc) is 2.76. The molecule has 0 radical (unpaired) electrons. The van der Waals surface area contributed by atoms with Gasteiger partial charge < -0.3 is 18.3 Å². The average molecular weight is 180 g/mol. The van der Waals surface area contributed by atoms with E-state index in [2.05, 4.69) is 8.85 Å². The fraction of sp³-hybridized carbons (Fsp3) is 1.00. The molecule has 1 heterocycles. The van der Waals surface area contributed by atoms with E-state index in [4.69, 9.17) is 9.47 Å². The maximum Gasteiger partial charge on any atom is 0.303 e. The van der Waals surface area contributed by atoms with E-state index in [0.29, 0.717) is 6.10 Å². The van der Waals surface area contributed by atoms with Crippen LogP contribution in [0.2, 0.25) is 0 Å². The second-order valence-electron chi connectivity index (χ2n) is 2.11. The molecule has 1 rings (SSSR count). The third-order valence-corrected chi connectivity index (χ3v) is 1.46. The molecule has 0 aromatic rings. The van der Waals surface area contributed by atoms with Crippen LogP contribution in [-0.2, 0) is 18.3 Å². The maximum absolute atomic E-state index is 4.82. The van der Waals surface area contributed by atoms with Crippen molar-refractivity contribution in [2.75, 3.05) is 34.5 Å². The van der Waals surface area contributed by atoms with Gasteiger partial charge in [-0.1, -0.05) is 0 Å². The Morgan fingerprint density at radius 3 is 2.00 bits per heavy atom. The molecule has 1 aliphatic heterocycles. The van der Waals surface area contributed by atoms with Crippen molar-refractivity contribution in [2.24, 2.45) is 0 Å². The summed E-state index contributed by atoms with van der Waals surface area (Å²) in [5.74, 6) is 0. The maximum atomic E-state index is 4.82. The summed E-state index contributed by atoms with van der Waals surface area (Å²) in [6.45, 7) is 1.66. The van der Waals surface area contributed by atoms with E-state index in [-0.39, 0.29) is 0 Å². The van der Waals surface area contributed by atoms with Crippen LogP contribution in [0.5, 0.6) is 0 Å². The Morgan fingerprint density at radius 1 is 1.36 bits per heavy atom. The summed E-state index contributed by atoms with van der Waals surface area (Å²) in [4.78, 5) is 0. The fourth-order valence-corrected chi connectivity index (χ4v) is 0.704. The summed E-state index contributed by atoms with van der Waals surface area (Å²) < 4.78 is 18.8. The van der Waals surface area contributed by atoms with Gasteiger partial charge in [0.2, 0.25) is 0 Å². The van der Waals surface area contributed by atoms with Gasteiger partial charge >= 0.3 is 10.0 Å². The SMILES string of the molecule is COCC1CO1.CO[SiH2]OC. The zero-order valence-electron chi connectivity index (χ0n) is 7.33. The third kappa shape index (κ3) is 10.1. The quantitative estimate of drug-likeness (QED) is 0.424. The highest BCUT2D eigenvalue weighted by Crippen LogP contribution is 2.06. The van der Waals surface area contributed by atoms with Crippen LogP contribution in [0.1, 0.15) is 0 Å². The Kier molecular flexibility index (Phi) is 8.20. The summed E-state index contributed by atoms with van der Waals surface area (Å²) in [5.41, 5.74) is 0. The smallest absolute Gasteiger partial charge is 0.303 e. The van der Waals surface area contributed by atoms with Gasteiger partial charge in [0.1, 0.15) is 6.10 Å². The van der Waals surface area contributed by atoms with Gasteiger partial charge in [0, 0.05) is 21.3 Å². The first-order valence-corrected chi connectivity index (χ1v) is 4.59. The molecule has 11 heavy (non-hydrogen) atoms. The summed E-state index contributed by atoms with van der Waals surface area (Å²) in [5, 5.41) is 0. The van der Waals surface area contributed by atoms with E-state index >= 15 is 0 Å². The molecular weight excluding hydrogens is 164 g/mol. The number of epoxide rings is 1. The Hall–Kier alpha value is 0.0569. The molecule has 1 aliphatic rings. The molecule has 0 spiro atoms. The first-order valence-electron chi connectivity index (χ1n) is 3.43. The van der Waals surface area contributed by atoms with Crippen molar-refractivity contribution < 1.29 is 18.3 Å². The van der Waals surface area contributed by atoms with Gasteiger partial charge in [-0.15, -0.1) is 0 Å². The molecule has 0 amide bonds. The number of ether oxygens (including phenoxy) is 2. The second-order valence-corrected chi connectivity index (χ2v) is 3.50. The van der Waals surface area contributed by atoms with Crippen molar-refractivity contribution in [3.8, 4) is 0 Å². The molecule has 5 heteroatoms. The van der Waals surface area contributed by atoms with Crippen LogP contribution < -0.4 is 0 Å². The molecule has 0 saturated carbocycles. The summed E-state index contributed by atoms with van der Waals surface area (Å²) >= 11 is 0. The third-order valence-electron chi connectivity index (χ3n) is 0.991. The van der Waals surface area contributed by atoms with Crippen molar-refractivity contribution in [3.63, 3.8) is 0 Å². The van der Waals surface area contributed by atoms with Crippen LogP contribution in [0.15, 0.2) is 0 Å². The van der Waals surface area contributed by atoms with Gasteiger partial charge in [-0.3, -0.25) is 0 Å². The van der Waals surface area contributed by atoms with E-state index < -0.39 is 10.0 Å². The first-order chi connectivity index (χ1) is 5.35. The van der Waals surface area contributed by atoms with Crippen molar-refractivity contribution in [1.82, 2.24) is 0 Å². The molecule has 0 aromatic heterocycles. The number of methoxy groups -OCH3 is 1. The van der Waals surface area contributed by atoms with Crippen molar-refractivity contribution in [1.29, 1.82) is 0 Å². The predicted molar refractivity (Wildman–Crippen MR) is 44.2 cm³/mol. The van der Waals surface area contributed by atoms with Crippen LogP contribution in [0.4, 0.5) is 0 Å². The summed E-state index contributed by atoms with van der Waals surface area (Å²) in [7, 11) is 4.41. The molecule has 4 nitrogen and oxygen atoms in total. The molecule has 1 saturated heterocycles. The molecule has 1 unspecified atom stereocenters. The minimum atomic E-state index is -0.568. The van der Waals surface area contributed by atoms with E-state index in [1.807, 2.05) is 0 Å². The number of rotatable bonds is 4. The van der Waals surface area contributed by atoms with Gasteiger partial charge in [0.25, 0.3) is 0 Å². The van der Waals surface area contributed by atoms with Gasteiger partial charge in [0.15, 0.2) is 0 Å². The van der Waals surface area contributed by atoms with Crippen molar-refractivity contribution >= 4 is 10.0 Å². The normalized spacial score (nSPS) is 20.5. The molecule has 1 fully saturated rings. The summed E-state index contributed by atoms with van der Waals surface area (Å²) in [6.07, 6.45) is 0.426. The minimum absolute atomic E-state index is 0.426. The second kappa shape index (κ2) is 8.16. The lowest BCUT2D eigenvalue weighted by molar-refractivity contribution is 0.171. The lowest BCUT2D eigenvalue weighted by Gasteiger charge is -1.86. The number of hydrogen-bond acceptors (Lipinski definition) is 4. The van der Waals surface area contributed by atoms with E-state index in [0.717, 1.165) is 13.2 Å². The van der Waals surface area contributed by atoms with Gasteiger partial charge in [0.05, 0.1) is 13.2 Å². The predicted octanol–water partition coefficient (Wildman–Crippen LogP) is -0.690. The number of hydrogen-bond donors (Lipinski definition) is 0.